The van der Waals surface area contributed by atoms with Gasteiger partial charge in [0.2, 0.25) is 9.84 Å². The maximum atomic E-state index is 13.6. The summed E-state index contributed by atoms with van der Waals surface area (Å²) in [7, 11) is -3.96. The van der Waals surface area contributed by atoms with Crippen molar-refractivity contribution in [3.05, 3.63) is 106 Å². The number of amidine groups is 1. The van der Waals surface area contributed by atoms with E-state index < -0.39 is 21.3 Å². The van der Waals surface area contributed by atoms with Gasteiger partial charge in [-0.05, 0) is 49.2 Å². The third-order valence-corrected chi connectivity index (χ3v) is 7.83. The SMILES string of the molecule is Cc1ccccc1CC1(C)CC(S(=O)(=O)c2ccc(F)cc2)=C(c2ccc(/C(N)=N/O)cc2)O1. The molecule has 1 aliphatic rings. The molecule has 0 radical (unpaired) electrons. The summed E-state index contributed by atoms with van der Waals surface area (Å²) in [4.78, 5) is 0.130. The average Bonchev–Trinajstić information content (AvgIpc) is 3.19. The van der Waals surface area contributed by atoms with Crippen LogP contribution < -0.4 is 5.73 Å². The maximum absolute atomic E-state index is 13.6. The van der Waals surface area contributed by atoms with Crippen molar-refractivity contribution in [3.63, 3.8) is 0 Å². The molecule has 1 heterocycles. The van der Waals surface area contributed by atoms with Crippen LogP contribution in [0.2, 0.25) is 0 Å². The monoisotopic (exact) mass is 480 g/mol. The number of halogens is 1. The van der Waals surface area contributed by atoms with Crippen LogP contribution in [0.15, 0.2) is 87.8 Å². The topological polar surface area (TPSA) is 102 Å². The van der Waals surface area contributed by atoms with Crippen molar-refractivity contribution in [2.45, 2.75) is 37.2 Å². The molecule has 0 fully saturated rings. The van der Waals surface area contributed by atoms with E-state index in [1.165, 1.54) is 12.1 Å². The maximum Gasteiger partial charge on any atom is 0.206 e. The van der Waals surface area contributed by atoms with E-state index in [1.54, 1.807) is 24.3 Å². The van der Waals surface area contributed by atoms with E-state index in [1.807, 2.05) is 38.1 Å². The molecule has 3 N–H and O–H groups in total. The highest BCUT2D eigenvalue weighted by Crippen LogP contribution is 2.45. The van der Waals surface area contributed by atoms with E-state index in [0.717, 1.165) is 23.3 Å². The molecule has 8 heteroatoms. The molecule has 1 unspecified atom stereocenters. The Labute approximate surface area is 198 Å². The first-order valence-electron chi connectivity index (χ1n) is 10.7. The van der Waals surface area contributed by atoms with Crippen molar-refractivity contribution in [2.75, 3.05) is 0 Å². The summed E-state index contributed by atoms with van der Waals surface area (Å²) < 4.78 is 47.1. The highest BCUT2D eigenvalue weighted by atomic mass is 32.2. The number of oxime groups is 1. The molecule has 0 spiro atoms. The van der Waals surface area contributed by atoms with E-state index in [2.05, 4.69) is 5.16 Å². The van der Waals surface area contributed by atoms with Crippen molar-refractivity contribution in [3.8, 4) is 0 Å². The number of sulfone groups is 1. The number of nitrogens with two attached hydrogens (primary N) is 1. The van der Waals surface area contributed by atoms with E-state index in [0.29, 0.717) is 17.5 Å². The second-order valence-electron chi connectivity index (χ2n) is 8.60. The highest BCUT2D eigenvalue weighted by Gasteiger charge is 2.43. The lowest BCUT2D eigenvalue weighted by molar-refractivity contribution is 0.0798. The average molecular weight is 481 g/mol. The summed E-state index contributed by atoms with van der Waals surface area (Å²) in [5.41, 5.74) is 8.02. The molecule has 3 aromatic rings. The third kappa shape index (κ3) is 4.54. The summed E-state index contributed by atoms with van der Waals surface area (Å²) in [6, 6.07) is 19.3. The van der Waals surface area contributed by atoms with Crippen molar-refractivity contribution < 1.29 is 22.8 Å². The van der Waals surface area contributed by atoms with Crippen LogP contribution in [-0.2, 0) is 21.0 Å². The molecule has 6 nitrogen and oxygen atoms in total. The summed E-state index contributed by atoms with van der Waals surface area (Å²) >= 11 is 0. The Balaban J connectivity index is 1.79. The fourth-order valence-corrected chi connectivity index (χ4v) is 5.79. The molecule has 34 heavy (non-hydrogen) atoms. The van der Waals surface area contributed by atoms with Gasteiger partial charge in [0.25, 0.3) is 0 Å². The lowest BCUT2D eigenvalue weighted by atomic mass is 9.92. The van der Waals surface area contributed by atoms with Crippen molar-refractivity contribution >= 4 is 21.4 Å². The van der Waals surface area contributed by atoms with Gasteiger partial charge in [-0.25, -0.2) is 12.8 Å². The first kappa shape index (κ1) is 23.5. The summed E-state index contributed by atoms with van der Waals surface area (Å²) in [5, 5.41) is 11.9. The summed E-state index contributed by atoms with van der Waals surface area (Å²) in [6.45, 7) is 3.89. The molecule has 3 aromatic carbocycles. The van der Waals surface area contributed by atoms with Gasteiger partial charge in [0.05, 0.1) is 9.80 Å². The predicted octanol–water partition coefficient (Wildman–Crippen LogP) is 4.79. The van der Waals surface area contributed by atoms with Crippen molar-refractivity contribution in [2.24, 2.45) is 10.9 Å². The Morgan fingerprint density at radius 2 is 1.74 bits per heavy atom. The lowest BCUT2D eigenvalue weighted by Gasteiger charge is -2.26. The van der Waals surface area contributed by atoms with E-state index in [4.69, 9.17) is 15.7 Å². The second kappa shape index (κ2) is 8.95. The van der Waals surface area contributed by atoms with Gasteiger partial charge in [-0.2, -0.15) is 0 Å². The Morgan fingerprint density at radius 3 is 2.35 bits per heavy atom. The Kier molecular flexibility index (Phi) is 6.18. The molecule has 0 aliphatic carbocycles. The fraction of sp³-hybridized carbons (Fsp3) is 0.192. The van der Waals surface area contributed by atoms with E-state index >= 15 is 0 Å². The Bertz CT molecular complexity index is 1380. The van der Waals surface area contributed by atoms with Crippen LogP contribution in [0.1, 0.15) is 35.6 Å². The van der Waals surface area contributed by atoms with Crippen molar-refractivity contribution in [1.82, 2.24) is 0 Å². The summed E-state index contributed by atoms with van der Waals surface area (Å²) in [5.74, 6) is -0.332. The minimum absolute atomic E-state index is 0.00146. The zero-order chi connectivity index (χ0) is 24.5. The zero-order valence-electron chi connectivity index (χ0n) is 18.8. The first-order chi connectivity index (χ1) is 16.1. The lowest BCUT2D eigenvalue weighted by Crippen LogP contribution is -2.28. The molecule has 0 aromatic heterocycles. The predicted molar refractivity (Wildman–Crippen MR) is 128 cm³/mol. The standard InChI is InChI=1S/C26H25FN2O4S/c1-17-5-3-4-6-20(17)15-26(2)16-23(34(31,32)22-13-11-21(27)12-14-22)24(33-26)18-7-9-19(10-8-18)25(28)29-30/h3-14,30H,15-16H2,1-2H3,(H2,28,29). The minimum Gasteiger partial charge on any atom is -0.485 e. The number of hydrogen-bond donors (Lipinski definition) is 2. The van der Waals surface area contributed by atoms with Crippen LogP contribution >= 0.6 is 0 Å². The molecule has 0 bridgehead atoms. The highest BCUT2D eigenvalue weighted by molar-refractivity contribution is 7.95. The van der Waals surface area contributed by atoms with Gasteiger partial charge in [-0.15, -0.1) is 0 Å². The Hall–Kier alpha value is -3.65. The first-order valence-corrected chi connectivity index (χ1v) is 12.2. The van der Waals surface area contributed by atoms with Gasteiger partial charge in [0, 0.05) is 24.0 Å². The number of rotatable bonds is 6. The molecule has 0 saturated heterocycles. The number of ether oxygens (including phenoxy) is 1. The number of hydrogen-bond acceptors (Lipinski definition) is 5. The van der Waals surface area contributed by atoms with Gasteiger partial charge in [-0.1, -0.05) is 53.7 Å². The molecule has 176 valence electrons. The van der Waals surface area contributed by atoms with E-state index in [9.17, 15) is 12.8 Å². The van der Waals surface area contributed by atoms with Gasteiger partial charge >= 0.3 is 0 Å². The van der Waals surface area contributed by atoms with Gasteiger partial charge < -0.3 is 15.7 Å². The van der Waals surface area contributed by atoms with Gasteiger partial charge in [-0.3, -0.25) is 0 Å². The van der Waals surface area contributed by atoms with Crippen LogP contribution in [-0.4, -0.2) is 25.1 Å². The number of benzene rings is 3. The molecule has 4 rings (SSSR count). The zero-order valence-corrected chi connectivity index (χ0v) is 19.6. The van der Waals surface area contributed by atoms with Crippen LogP contribution in [0, 0.1) is 12.7 Å². The molecule has 0 amide bonds. The third-order valence-electron chi connectivity index (χ3n) is 5.96. The van der Waals surface area contributed by atoms with Crippen LogP contribution in [0.5, 0.6) is 0 Å². The summed E-state index contributed by atoms with van der Waals surface area (Å²) in [6.07, 6.45) is 0.659. The molecule has 0 saturated carbocycles. The number of nitrogens with zero attached hydrogens (tertiary/aromatic N) is 1. The van der Waals surface area contributed by atoms with Crippen LogP contribution in [0.3, 0.4) is 0 Å². The normalized spacial score (nSPS) is 18.7. The van der Waals surface area contributed by atoms with Gasteiger partial charge in [0.15, 0.2) is 5.84 Å². The van der Waals surface area contributed by atoms with E-state index in [-0.39, 0.29) is 27.8 Å². The number of aryl methyl sites for hydroxylation is 1. The quantitative estimate of drug-likeness (QED) is 0.174. The molecular weight excluding hydrogens is 455 g/mol. The Morgan fingerprint density at radius 1 is 1.09 bits per heavy atom. The van der Waals surface area contributed by atoms with Gasteiger partial charge in [0.1, 0.15) is 17.2 Å². The molecule has 1 aliphatic heterocycles. The van der Waals surface area contributed by atoms with Crippen molar-refractivity contribution in [1.29, 1.82) is 0 Å². The second-order valence-corrected chi connectivity index (χ2v) is 10.6. The molecule has 1 atom stereocenters. The minimum atomic E-state index is -3.96. The molecular formula is C26H25FN2O4S. The largest absolute Gasteiger partial charge is 0.485 e. The van der Waals surface area contributed by atoms with Crippen LogP contribution in [0.25, 0.3) is 5.76 Å². The smallest absolute Gasteiger partial charge is 0.206 e. The van der Waals surface area contributed by atoms with Crippen LogP contribution in [0.4, 0.5) is 4.39 Å². The fourth-order valence-electron chi connectivity index (χ4n) is 4.11.